The molecule has 0 fully saturated rings. The minimum absolute atomic E-state index is 0.00136. The molecule has 0 saturated carbocycles. The number of Topliss-reactive ketones (excluding diaryl/α,β-unsaturated/α-hetero) is 1. The van der Waals surface area contributed by atoms with Crippen LogP contribution < -0.4 is 10.5 Å². The second kappa shape index (κ2) is 4.07. The van der Waals surface area contributed by atoms with E-state index in [4.69, 9.17) is 10.5 Å². The zero-order valence-electron chi connectivity index (χ0n) is 10.1. The summed E-state index contributed by atoms with van der Waals surface area (Å²) in [6.45, 7) is 0. The number of benzene rings is 1. The third kappa shape index (κ3) is 1.66. The molecule has 4 heteroatoms. The molecule has 1 aromatic carbocycles. The van der Waals surface area contributed by atoms with E-state index in [1.807, 2.05) is 24.3 Å². The molecular formula is C14H14N2O2. The average molecular weight is 242 g/mol. The van der Waals surface area contributed by atoms with Crippen LogP contribution >= 0.6 is 0 Å². The van der Waals surface area contributed by atoms with E-state index in [0.717, 1.165) is 28.8 Å². The molecule has 0 saturated heterocycles. The molecule has 0 radical (unpaired) electrons. The maximum absolute atomic E-state index is 12.0. The van der Waals surface area contributed by atoms with Gasteiger partial charge in [-0.25, -0.2) is 0 Å². The van der Waals surface area contributed by atoms with E-state index < -0.39 is 0 Å². The highest BCUT2D eigenvalue weighted by molar-refractivity contribution is 6.04. The van der Waals surface area contributed by atoms with Crippen molar-refractivity contribution in [3.05, 3.63) is 35.5 Å². The molecule has 0 bridgehead atoms. The van der Waals surface area contributed by atoms with Gasteiger partial charge >= 0.3 is 0 Å². The zero-order chi connectivity index (χ0) is 12.7. The van der Waals surface area contributed by atoms with Crippen LogP contribution in [0.3, 0.4) is 0 Å². The SMILES string of the molecule is COc1ccc2cc3c(nc2c1)CCC(N)C3=O. The van der Waals surface area contributed by atoms with Crippen molar-refractivity contribution in [3.63, 3.8) is 0 Å². The van der Waals surface area contributed by atoms with E-state index in [2.05, 4.69) is 4.98 Å². The van der Waals surface area contributed by atoms with Crippen LogP contribution in [0.2, 0.25) is 0 Å². The number of nitrogens with zero attached hydrogens (tertiary/aromatic N) is 1. The lowest BCUT2D eigenvalue weighted by Gasteiger charge is -2.19. The van der Waals surface area contributed by atoms with E-state index in [1.54, 1.807) is 7.11 Å². The molecule has 1 aromatic heterocycles. The van der Waals surface area contributed by atoms with Crippen molar-refractivity contribution in [3.8, 4) is 5.75 Å². The van der Waals surface area contributed by atoms with Crippen LogP contribution in [-0.2, 0) is 6.42 Å². The summed E-state index contributed by atoms with van der Waals surface area (Å²) in [6, 6.07) is 7.17. The molecule has 1 atom stereocenters. The van der Waals surface area contributed by atoms with Gasteiger partial charge in [0.25, 0.3) is 0 Å². The number of ether oxygens (including phenoxy) is 1. The fourth-order valence-corrected chi connectivity index (χ4v) is 2.34. The summed E-state index contributed by atoms with van der Waals surface area (Å²) < 4.78 is 5.18. The summed E-state index contributed by atoms with van der Waals surface area (Å²) in [5.41, 5.74) is 8.17. The molecule has 1 heterocycles. The summed E-state index contributed by atoms with van der Waals surface area (Å²) in [5, 5.41) is 0.942. The van der Waals surface area contributed by atoms with Crippen molar-refractivity contribution in [1.82, 2.24) is 4.98 Å². The van der Waals surface area contributed by atoms with Gasteiger partial charge in [-0.05, 0) is 31.0 Å². The third-order valence-corrected chi connectivity index (χ3v) is 3.40. The first-order chi connectivity index (χ1) is 8.69. The molecule has 1 unspecified atom stereocenters. The molecule has 2 N–H and O–H groups in total. The largest absolute Gasteiger partial charge is 0.497 e. The number of hydrogen-bond acceptors (Lipinski definition) is 4. The van der Waals surface area contributed by atoms with Crippen LogP contribution in [0.25, 0.3) is 10.9 Å². The minimum Gasteiger partial charge on any atom is -0.497 e. The molecular weight excluding hydrogens is 228 g/mol. The maximum Gasteiger partial charge on any atom is 0.181 e. The highest BCUT2D eigenvalue weighted by atomic mass is 16.5. The number of methoxy groups -OCH3 is 1. The number of ketones is 1. The van der Waals surface area contributed by atoms with Gasteiger partial charge in [-0.2, -0.15) is 0 Å². The molecule has 1 aliphatic carbocycles. The Morgan fingerprint density at radius 3 is 3.00 bits per heavy atom. The Balaban J connectivity index is 2.20. The monoisotopic (exact) mass is 242 g/mol. The lowest BCUT2D eigenvalue weighted by atomic mass is 9.90. The van der Waals surface area contributed by atoms with E-state index in [0.29, 0.717) is 12.0 Å². The normalized spacial score (nSPS) is 18.8. The molecule has 18 heavy (non-hydrogen) atoms. The fourth-order valence-electron chi connectivity index (χ4n) is 2.34. The quantitative estimate of drug-likeness (QED) is 0.826. The number of carbonyl (C=O) groups excluding carboxylic acids is 1. The van der Waals surface area contributed by atoms with Gasteiger partial charge in [0.15, 0.2) is 5.78 Å². The third-order valence-electron chi connectivity index (χ3n) is 3.40. The number of rotatable bonds is 1. The van der Waals surface area contributed by atoms with Crippen molar-refractivity contribution in [1.29, 1.82) is 0 Å². The van der Waals surface area contributed by atoms with E-state index in [9.17, 15) is 4.79 Å². The molecule has 4 nitrogen and oxygen atoms in total. The number of aromatic nitrogens is 1. The Hall–Kier alpha value is -1.94. The number of nitrogens with two attached hydrogens (primary N) is 1. The molecule has 0 spiro atoms. The average Bonchev–Trinajstić information content (AvgIpc) is 2.41. The summed E-state index contributed by atoms with van der Waals surface area (Å²) in [6.07, 6.45) is 1.43. The topological polar surface area (TPSA) is 65.2 Å². The Bertz CT molecular complexity index is 637. The summed E-state index contributed by atoms with van der Waals surface area (Å²) >= 11 is 0. The molecule has 92 valence electrons. The zero-order valence-corrected chi connectivity index (χ0v) is 10.1. The summed E-state index contributed by atoms with van der Waals surface area (Å²) in [4.78, 5) is 16.5. The van der Waals surface area contributed by atoms with Crippen LogP contribution in [0, 0.1) is 0 Å². The second-order valence-electron chi connectivity index (χ2n) is 4.55. The lowest BCUT2D eigenvalue weighted by molar-refractivity contribution is 0.0947. The Morgan fingerprint density at radius 2 is 2.22 bits per heavy atom. The van der Waals surface area contributed by atoms with Gasteiger partial charge in [0.05, 0.1) is 24.4 Å². The molecule has 3 rings (SSSR count). The van der Waals surface area contributed by atoms with Gasteiger partial charge in [-0.1, -0.05) is 0 Å². The molecule has 1 aliphatic rings. The van der Waals surface area contributed by atoms with E-state index in [1.165, 1.54) is 0 Å². The van der Waals surface area contributed by atoms with E-state index >= 15 is 0 Å². The first-order valence-electron chi connectivity index (χ1n) is 5.96. The van der Waals surface area contributed by atoms with Gasteiger partial charge in [0.2, 0.25) is 0 Å². The van der Waals surface area contributed by atoms with Crippen molar-refractivity contribution >= 4 is 16.7 Å². The molecule has 0 amide bonds. The molecule has 0 aliphatic heterocycles. The summed E-state index contributed by atoms with van der Waals surface area (Å²) in [5.74, 6) is 0.773. The number of pyridine rings is 1. The number of hydrogen-bond donors (Lipinski definition) is 1. The van der Waals surface area contributed by atoms with Gasteiger partial charge < -0.3 is 10.5 Å². The molecule has 2 aromatic rings. The smallest absolute Gasteiger partial charge is 0.181 e. The number of fused-ring (bicyclic) bond motifs is 2. The van der Waals surface area contributed by atoms with E-state index in [-0.39, 0.29) is 11.8 Å². The lowest BCUT2D eigenvalue weighted by Crippen LogP contribution is -2.35. The van der Waals surface area contributed by atoms with Crippen molar-refractivity contribution in [2.45, 2.75) is 18.9 Å². The highest BCUT2D eigenvalue weighted by Gasteiger charge is 2.25. The number of aryl methyl sites for hydroxylation is 1. The van der Waals surface area contributed by atoms with Gasteiger partial charge in [-0.15, -0.1) is 0 Å². The maximum atomic E-state index is 12.0. The van der Waals surface area contributed by atoms with Crippen LogP contribution in [0.4, 0.5) is 0 Å². The Labute approximate surface area is 105 Å². The van der Waals surface area contributed by atoms with Crippen LogP contribution in [0.1, 0.15) is 22.5 Å². The van der Waals surface area contributed by atoms with Crippen LogP contribution in [-0.4, -0.2) is 23.9 Å². The van der Waals surface area contributed by atoms with Crippen molar-refractivity contribution < 1.29 is 9.53 Å². The van der Waals surface area contributed by atoms with Gasteiger partial charge in [0, 0.05) is 17.0 Å². The van der Waals surface area contributed by atoms with Crippen molar-refractivity contribution in [2.24, 2.45) is 5.73 Å². The Morgan fingerprint density at radius 1 is 1.39 bits per heavy atom. The predicted molar refractivity (Wildman–Crippen MR) is 68.9 cm³/mol. The summed E-state index contributed by atoms with van der Waals surface area (Å²) in [7, 11) is 1.63. The van der Waals surface area contributed by atoms with Crippen LogP contribution in [0.5, 0.6) is 5.75 Å². The van der Waals surface area contributed by atoms with Crippen molar-refractivity contribution in [2.75, 3.05) is 7.11 Å². The standard InChI is InChI=1S/C14H14N2O2/c1-18-9-3-2-8-6-10-12(16-13(8)7-9)5-4-11(15)14(10)17/h2-3,6-7,11H,4-5,15H2,1H3. The second-order valence-corrected chi connectivity index (χ2v) is 4.55. The first kappa shape index (κ1) is 11.2. The number of carbonyl (C=O) groups is 1. The Kier molecular flexibility index (Phi) is 2.52. The van der Waals surface area contributed by atoms with Gasteiger partial charge in [-0.3, -0.25) is 9.78 Å². The highest BCUT2D eigenvalue weighted by Crippen LogP contribution is 2.25. The minimum atomic E-state index is -0.380. The fraction of sp³-hybridized carbons (Fsp3) is 0.286. The predicted octanol–water partition coefficient (Wildman–Crippen LogP) is 1.70. The van der Waals surface area contributed by atoms with Crippen LogP contribution in [0.15, 0.2) is 24.3 Å². The van der Waals surface area contributed by atoms with Gasteiger partial charge in [0.1, 0.15) is 5.75 Å². The first-order valence-corrected chi connectivity index (χ1v) is 5.96.